The monoisotopic (exact) mass is 290 g/mol. The number of benzene rings is 2. The molecule has 106 valence electrons. The Hall–Kier alpha value is -1.87. The largest absolute Gasteiger partial charge is 0.497 e. The smallest absolute Gasteiger partial charge is 0.118 e. The van der Waals surface area contributed by atoms with Gasteiger partial charge in [0.05, 0.1) is 17.8 Å². The lowest BCUT2D eigenvalue weighted by molar-refractivity contribution is 0.414. The van der Waals surface area contributed by atoms with Crippen molar-refractivity contribution in [2.45, 2.75) is 6.54 Å². The van der Waals surface area contributed by atoms with Crippen molar-refractivity contribution < 1.29 is 4.74 Å². The molecule has 3 nitrogen and oxygen atoms in total. The van der Waals surface area contributed by atoms with Crippen molar-refractivity contribution >= 4 is 23.0 Å². The molecule has 0 unspecified atom stereocenters. The molecule has 1 N–H and O–H groups in total. The van der Waals surface area contributed by atoms with Crippen LogP contribution >= 0.6 is 11.6 Å². The van der Waals surface area contributed by atoms with Gasteiger partial charge in [-0.2, -0.15) is 0 Å². The summed E-state index contributed by atoms with van der Waals surface area (Å²) >= 11 is 6.25. The van der Waals surface area contributed by atoms with Gasteiger partial charge in [-0.25, -0.2) is 0 Å². The predicted octanol–water partition coefficient (Wildman–Crippen LogP) is 4.03. The molecule has 0 saturated heterocycles. The Kier molecular flexibility index (Phi) is 4.74. The topological polar surface area (TPSA) is 24.5 Å². The summed E-state index contributed by atoms with van der Waals surface area (Å²) < 4.78 is 5.14. The normalized spacial score (nSPS) is 10.2. The molecule has 20 heavy (non-hydrogen) atoms. The van der Waals surface area contributed by atoms with Gasteiger partial charge in [0.1, 0.15) is 5.75 Å². The van der Waals surface area contributed by atoms with E-state index in [9.17, 15) is 0 Å². The molecule has 0 saturated carbocycles. The molecule has 2 rings (SSSR count). The van der Waals surface area contributed by atoms with E-state index in [0.29, 0.717) is 0 Å². The summed E-state index contributed by atoms with van der Waals surface area (Å²) in [6, 6.07) is 14.0. The Morgan fingerprint density at radius 2 is 1.80 bits per heavy atom. The minimum absolute atomic E-state index is 0.745. The molecule has 0 amide bonds. The van der Waals surface area contributed by atoms with E-state index in [1.165, 1.54) is 5.56 Å². The third-order valence-corrected chi connectivity index (χ3v) is 3.39. The van der Waals surface area contributed by atoms with Crippen LogP contribution in [0.15, 0.2) is 42.5 Å². The Labute approximate surface area is 125 Å². The van der Waals surface area contributed by atoms with Crippen LogP contribution in [0.1, 0.15) is 5.56 Å². The van der Waals surface area contributed by atoms with Gasteiger partial charge < -0.3 is 15.0 Å². The maximum absolute atomic E-state index is 6.25. The minimum Gasteiger partial charge on any atom is -0.497 e. The second-order valence-electron chi connectivity index (χ2n) is 4.76. The van der Waals surface area contributed by atoms with Crippen molar-refractivity contribution in [3.05, 3.63) is 53.1 Å². The van der Waals surface area contributed by atoms with Crippen LogP contribution in [0.5, 0.6) is 5.75 Å². The lowest BCUT2D eigenvalue weighted by Gasteiger charge is -2.15. The SMILES string of the molecule is COc1ccc(CNc2ccc(N(C)C)c(Cl)c2)cc1. The van der Waals surface area contributed by atoms with Crippen molar-refractivity contribution in [1.82, 2.24) is 0 Å². The molecule has 4 heteroatoms. The van der Waals surface area contributed by atoms with Crippen LogP contribution in [0, 0.1) is 0 Å². The number of rotatable bonds is 5. The fourth-order valence-corrected chi connectivity index (χ4v) is 2.28. The highest BCUT2D eigenvalue weighted by molar-refractivity contribution is 6.33. The Bertz CT molecular complexity index is 567. The minimum atomic E-state index is 0.745. The molecule has 0 heterocycles. The Morgan fingerprint density at radius 1 is 1.10 bits per heavy atom. The number of methoxy groups -OCH3 is 1. The van der Waals surface area contributed by atoms with Gasteiger partial charge in [0.25, 0.3) is 0 Å². The van der Waals surface area contributed by atoms with Gasteiger partial charge in [0.2, 0.25) is 0 Å². The van der Waals surface area contributed by atoms with Crippen LogP contribution in [-0.4, -0.2) is 21.2 Å². The first-order valence-electron chi connectivity index (χ1n) is 6.44. The zero-order chi connectivity index (χ0) is 14.5. The van der Waals surface area contributed by atoms with Crippen molar-refractivity contribution in [2.24, 2.45) is 0 Å². The molecule has 0 aliphatic rings. The zero-order valence-electron chi connectivity index (χ0n) is 12.0. The lowest BCUT2D eigenvalue weighted by Crippen LogP contribution is -2.09. The summed E-state index contributed by atoms with van der Waals surface area (Å²) in [7, 11) is 5.62. The maximum atomic E-state index is 6.25. The van der Waals surface area contributed by atoms with Crippen molar-refractivity contribution in [3.63, 3.8) is 0 Å². The van der Waals surface area contributed by atoms with Crippen LogP contribution in [0.4, 0.5) is 11.4 Å². The number of hydrogen-bond donors (Lipinski definition) is 1. The van der Waals surface area contributed by atoms with Crippen molar-refractivity contribution in [3.8, 4) is 5.75 Å². The molecular weight excluding hydrogens is 272 g/mol. The summed E-state index contributed by atoms with van der Waals surface area (Å²) in [6.07, 6.45) is 0. The van der Waals surface area contributed by atoms with Gasteiger partial charge in [-0.1, -0.05) is 23.7 Å². The van der Waals surface area contributed by atoms with Gasteiger partial charge in [-0.3, -0.25) is 0 Å². The molecule has 0 aromatic heterocycles. The van der Waals surface area contributed by atoms with Crippen molar-refractivity contribution in [1.29, 1.82) is 0 Å². The number of nitrogens with zero attached hydrogens (tertiary/aromatic N) is 1. The van der Waals surface area contributed by atoms with Gasteiger partial charge in [0.15, 0.2) is 0 Å². The average molecular weight is 291 g/mol. The zero-order valence-corrected chi connectivity index (χ0v) is 12.7. The maximum Gasteiger partial charge on any atom is 0.118 e. The van der Waals surface area contributed by atoms with Crippen molar-refractivity contribution in [2.75, 3.05) is 31.4 Å². The van der Waals surface area contributed by atoms with Crippen LogP contribution in [0.3, 0.4) is 0 Å². The van der Waals surface area contributed by atoms with Gasteiger partial charge in [0, 0.05) is 26.3 Å². The van der Waals surface area contributed by atoms with Gasteiger partial charge in [-0.15, -0.1) is 0 Å². The summed E-state index contributed by atoms with van der Waals surface area (Å²) in [5.74, 6) is 0.868. The summed E-state index contributed by atoms with van der Waals surface area (Å²) in [5.41, 5.74) is 3.22. The van der Waals surface area contributed by atoms with Gasteiger partial charge >= 0.3 is 0 Å². The van der Waals surface area contributed by atoms with Crippen LogP contribution in [0.2, 0.25) is 5.02 Å². The standard InChI is InChI=1S/C16H19ClN2O/c1-19(2)16-9-6-13(10-15(16)17)18-11-12-4-7-14(20-3)8-5-12/h4-10,18H,11H2,1-3H3. The van der Waals surface area contributed by atoms with Crippen LogP contribution in [0.25, 0.3) is 0 Å². The third kappa shape index (κ3) is 3.58. The van der Waals surface area contributed by atoms with Crippen LogP contribution < -0.4 is 15.0 Å². The van der Waals surface area contributed by atoms with E-state index in [2.05, 4.69) is 5.32 Å². The molecule has 0 fully saturated rings. The first kappa shape index (κ1) is 14.5. The molecule has 0 spiro atoms. The van der Waals surface area contributed by atoms with E-state index < -0.39 is 0 Å². The van der Waals surface area contributed by atoms with E-state index in [1.807, 2.05) is 61.5 Å². The number of hydrogen-bond acceptors (Lipinski definition) is 3. The van der Waals surface area contributed by atoms with E-state index in [-0.39, 0.29) is 0 Å². The molecule has 2 aromatic carbocycles. The molecule has 0 atom stereocenters. The average Bonchev–Trinajstić information content (AvgIpc) is 2.45. The molecular formula is C16H19ClN2O. The number of ether oxygens (including phenoxy) is 1. The van der Waals surface area contributed by atoms with E-state index >= 15 is 0 Å². The van der Waals surface area contributed by atoms with E-state index in [0.717, 1.165) is 28.7 Å². The number of nitrogens with one attached hydrogen (secondary N) is 1. The van der Waals surface area contributed by atoms with Crippen LogP contribution in [-0.2, 0) is 6.54 Å². The highest BCUT2D eigenvalue weighted by Crippen LogP contribution is 2.27. The summed E-state index contributed by atoms with van der Waals surface area (Å²) in [6.45, 7) is 0.752. The fourth-order valence-electron chi connectivity index (χ4n) is 1.93. The summed E-state index contributed by atoms with van der Waals surface area (Å²) in [5, 5.41) is 4.11. The Balaban J connectivity index is 2.01. The third-order valence-electron chi connectivity index (χ3n) is 3.09. The van der Waals surface area contributed by atoms with Gasteiger partial charge in [-0.05, 0) is 35.9 Å². The molecule has 0 radical (unpaired) electrons. The fraction of sp³-hybridized carbons (Fsp3) is 0.250. The molecule has 0 bridgehead atoms. The predicted molar refractivity (Wildman–Crippen MR) is 86.1 cm³/mol. The second-order valence-corrected chi connectivity index (χ2v) is 5.17. The van der Waals surface area contributed by atoms with E-state index in [4.69, 9.17) is 16.3 Å². The Morgan fingerprint density at radius 3 is 2.35 bits per heavy atom. The molecule has 0 aliphatic heterocycles. The number of halogens is 1. The highest BCUT2D eigenvalue weighted by Gasteiger charge is 2.03. The molecule has 2 aromatic rings. The highest BCUT2D eigenvalue weighted by atomic mass is 35.5. The van der Waals surface area contributed by atoms with E-state index in [1.54, 1.807) is 7.11 Å². The first-order valence-corrected chi connectivity index (χ1v) is 6.81. The number of anilines is 2. The first-order chi connectivity index (χ1) is 9.60. The summed E-state index contributed by atoms with van der Waals surface area (Å²) in [4.78, 5) is 2.00. The quantitative estimate of drug-likeness (QED) is 0.900. The molecule has 0 aliphatic carbocycles. The second kappa shape index (κ2) is 6.53. The lowest BCUT2D eigenvalue weighted by atomic mass is 10.2.